The molecule has 1 aromatic carbocycles. The van der Waals surface area contributed by atoms with Crippen LogP contribution in [0, 0.1) is 0 Å². The maximum atomic E-state index is 12.8. The third kappa shape index (κ3) is 4.82. The summed E-state index contributed by atoms with van der Waals surface area (Å²) in [5.74, 6) is -1.31. The minimum Gasteiger partial charge on any atom is -0.493 e. The van der Waals surface area contributed by atoms with Crippen LogP contribution in [0.1, 0.15) is 43.0 Å². The van der Waals surface area contributed by atoms with Crippen LogP contribution in [0.3, 0.4) is 0 Å². The number of halogens is 1. The number of carbonyl (C=O) groups is 3. The van der Waals surface area contributed by atoms with Crippen LogP contribution < -0.4 is 20.5 Å². The van der Waals surface area contributed by atoms with Gasteiger partial charge in [-0.1, -0.05) is 24.4 Å². The lowest BCUT2D eigenvalue weighted by Gasteiger charge is -2.28. The number of ether oxygens (including phenoxy) is 3. The van der Waals surface area contributed by atoms with Gasteiger partial charge < -0.3 is 25.3 Å². The molecule has 0 bridgehead atoms. The van der Waals surface area contributed by atoms with E-state index in [0.717, 1.165) is 12.8 Å². The summed E-state index contributed by atoms with van der Waals surface area (Å²) in [4.78, 5) is 36.1. The van der Waals surface area contributed by atoms with E-state index in [1.165, 1.54) is 19.2 Å². The number of esters is 1. The number of hydrogen-bond donors (Lipinski definition) is 2. The fourth-order valence-electron chi connectivity index (χ4n) is 3.05. The molecule has 2 amide bonds. The van der Waals surface area contributed by atoms with E-state index in [2.05, 4.69) is 5.32 Å². The van der Waals surface area contributed by atoms with Crippen molar-refractivity contribution in [3.63, 3.8) is 0 Å². The minimum atomic E-state index is -1.03. The highest BCUT2D eigenvalue weighted by Gasteiger charge is 2.44. The molecule has 0 unspecified atom stereocenters. The van der Waals surface area contributed by atoms with E-state index in [1.807, 2.05) is 0 Å². The Balaban J connectivity index is 2.26. The molecular weight excluding hydrogens is 376 g/mol. The Morgan fingerprint density at radius 2 is 1.93 bits per heavy atom. The van der Waals surface area contributed by atoms with E-state index >= 15 is 0 Å². The van der Waals surface area contributed by atoms with Gasteiger partial charge in [0.1, 0.15) is 5.54 Å². The molecule has 0 radical (unpaired) electrons. The van der Waals surface area contributed by atoms with Crippen LogP contribution in [0.25, 0.3) is 0 Å². The van der Waals surface area contributed by atoms with Crippen molar-refractivity contribution in [1.82, 2.24) is 5.32 Å². The molecule has 1 aliphatic carbocycles. The number of carbonyl (C=O) groups excluding carboxylic acids is 3. The molecule has 2 rings (SSSR count). The van der Waals surface area contributed by atoms with Crippen LogP contribution in [0.5, 0.6) is 11.5 Å². The van der Waals surface area contributed by atoms with Crippen LogP contribution >= 0.6 is 11.6 Å². The highest BCUT2D eigenvalue weighted by atomic mass is 35.5. The molecule has 0 heterocycles. The van der Waals surface area contributed by atoms with Crippen molar-refractivity contribution in [2.75, 3.05) is 20.3 Å². The summed E-state index contributed by atoms with van der Waals surface area (Å²) in [6.45, 7) is 1.58. The Bertz CT molecular complexity index is 731. The molecule has 0 aromatic heterocycles. The highest BCUT2D eigenvalue weighted by Crippen LogP contribution is 2.37. The molecule has 1 aromatic rings. The van der Waals surface area contributed by atoms with Gasteiger partial charge in [-0.25, -0.2) is 4.79 Å². The fourth-order valence-corrected chi connectivity index (χ4v) is 3.32. The standard InChI is InChI=1S/C18H23ClN2O6/c1-3-26-17(24)18(6-4-5-7-18)21-16(23)11-8-12(19)15(13(9-11)25-2)27-10-14(20)22/h8-9H,3-7,10H2,1-2H3,(H2,20,22)(H,21,23). The summed E-state index contributed by atoms with van der Waals surface area (Å²) in [7, 11) is 1.38. The first kappa shape index (κ1) is 20.8. The highest BCUT2D eigenvalue weighted by molar-refractivity contribution is 6.32. The number of rotatable bonds is 8. The van der Waals surface area contributed by atoms with Gasteiger partial charge in [0, 0.05) is 5.56 Å². The van der Waals surface area contributed by atoms with Gasteiger partial charge in [0.15, 0.2) is 18.1 Å². The quantitative estimate of drug-likeness (QED) is 0.645. The first-order valence-electron chi connectivity index (χ1n) is 8.61. The fraction of sp³-hybridized carbons (Fsp3) is 0.500. The minimum absolute atomic E-state index is 0.0809. The first-order valence-corrected chi connectivity index (χ1v) is 8.99. The van der Waals surface area contributed by atoms with E-state index in [1.54, 1.807) is 6.92 Å². The molecule has 3 N–H and O–H groups in total. The number of nitrogens with one attached hydrogen (secondary N) is 1. The monoisotopic (exact) mass is 398 g/mol. The second-order valence-electron chi connectivity index (χ2n) is 6.21. The van der Waals surface area contributed by atoms with Crippen molar-refractivity contribution in [2.24, 2.45) is 5.73 Å². The van der Waals surface area contributed by atoms with Crippen molar-refractivity contribution in [1.29, 1.82) is 0 Å². The molecule has 0 atom stereocenters. The van der Waals surface area contributed by atoms with Crippen LogP contribution in [-0.4, -0.2) is 43.6 Å². The predicted molar refractivity (Wildman–Crippen MR) is 98.0 cm³/mol. The Labute approximate surface area is 162 Å². The van der Waals surface area contributed by atoms with E-state index in [0.29, 0.717) is 12.8 Å². The average Bonchev–Trinajstić information content (AvgIpc) is 3.09. The molecule has 27 heavy (non-hydrogen) atoms. The van der Waals surface area contributed by atoms with Gasteiger partial charge in [0.2, 0.25) is 0 Å². The first-order chi connectivity index (χ1) is 12.8. The van der Waals surface area contributed by atoms with E-state index in [-0.39, 0.29) is 35.3 Å². The Morgan fingerprint density at radius 1 is 1.26 bits per heavy atom. The zero-order chi connectivity index (χ0) is 20.0. The third-order valence-corrected chi connectivity index (χ3v) is 4.61. The number of benzene rings is 1. The molecule has 0 saturated heterocycles. The molecular formula is C18H23ClN2O6. The summed E-state index contributed by atoms with van der Waals surface area (Å²) in [6, 6.07) is 2.80. The second-order valence-corrected chi connectivity index (χ2v) is 6.62. The van der Waals surface area contributed by atoms with Crippen molar-refractivity contribution >= 4 is 29.4 Å². The molecule has 1 saturated carbocycles. The van der Waals surface area contributed by atoms with Crippen LogP contribution in [-0.2, 0) is 14.3 Å². The second kappa shape index (κ2) is 8.94. The van der Waals surface area contributed by atoms with Gasteiger partial charge in [-0.05, 0) is 31.9 Å². The zero-order valence-electron chi connectivity index (χ0n) is 15.3. The van der Waals surface area contributed by atoms with E-state index in [9.17, 15) is 14.4 Å². The van der Waals surface area contributed by atoms with Crippen molar-refractivity contribution < 1.29 is 28.6 Å². The Kier molecular flexibility index (Phi) is 6.90. The SMILES string of the molecule is CCOC(=O)C1(NC(=O)c2cc(Cl)c(OCC(N)=O)c(OC)c2)CCCC1. The summed E-state index contributed by atoms with van der Waals surface area (Å²) in [6.07, 6.45) is 2.68. The van der Waals surface area contributed by atoms with E-state index in [4.69, 9.17) is 31.5 Å². The van der Waals surface area contributed by atoms with Gasteiger partial charge in [-0.3, -0.25) is 9.59 Å². The third-order valence-electron chi connectivity index (χ3n) is 4.33. The Hall–Kier alpha value is -2.48. The lowest BCUT2D eigenvalue weighted by atomic mass is 9.97. The average molecular weight is 399 g/mol. The van der Waals surface area contributed by atoms with Crippen LogP contribution in [0.15, 0.2) is 12.1 Å². The maximum absolute atomic E-state index is 12.8. The molecule has 148 valence electrons. The van der Waals surface area contributed by atoms with Gasteiger partial charge in [0.25, 0.3) is 11.8 Å². The number of nitrogens with two attached hydrogens (primary N) is 1. The van der Waals surface area contributed by atoms with Crippen LogP contribution in [0.2, 0.25) is 5.02 Å². The number of hydrogen-bond acceptors (Lipinski definition) is 6. The summed E-state index contributed by atoms with van der Waals surface area (Å²) in [5, 5.41) is 2.88. The van der Waals surface area contributed by atoms with Gasteiger partial charge in [0.05, 0.1) is 18.7 Å². The summed E-state index contributed by atoms with van der Waals surface area (Å²) in [5.41, 5.74) is 4.22. The van der Waals surface area contributed by atoms with Gasteiger partial charge >= 0.3 is 5.97 Å². The lowest BCUT2D eigenvalue weighted by Crippen LogP contribution is -2.53. The largest absolute Gasteiger partial charge is 0.493 e. The Morgan fingerprint density at radius 3 is 2.48 bits per heavy atom. The number of primary amides is 1. The molecule has 1 aliphatic rings. The predicted octanol–water partition coefficient (Wildman–Crippen LogP) is 1.82. The summed E-state index contributed by atoms with van der Waals surface area (Å²) < 4.78 is 15.6. The van der Waals surface area contributed by atoms with Gasteiger partial charge in [-0.15, -0.1) is 0 Å². The number of amides is 2. The molecule has 1 fully saturated rings. The molecule has 0 spiro atoms. The topological polar surface area (TPSA) is 117 Å². The number of methoxy groups -OCH3 is 1. The molecule has 9 heteroatoms. The normalized spacial score (nSPS) is 15.1. The van der Waals surface area contributed by atoms with Crippen molar-refractivity contribution in [3.8, 4) is 11.5 Å². The van der Waals surface area contributed by atoms with Crippen LogP contribution in [0.4, 0.5) is 0 Å². The summed E-state index contributed by atoms with van der Waals surface area (Å²) >= 11 is 6.18. The molecule has 0 aliphatic heterocycles. The van der Waals surface area contributed by atoms with E-state index < -0.39 is 23.3 Å². The van der Waals surface area contributed by atoms with Crippen molar-refractivity contribution in [2.45, 2.75) is 38.1 Å². The lowest BCUT2D eigenvalue weighted by molar-refractivity contribution is -0.150. The van der Waals surface area contributed by atoms with Gasteiger partial charge in [-0.2, -0.15) is 0 Å². The zero-order valence-corrected chi connectivity index (χ0v) is 16.1. The van der Waals surface area contributed by atoms with Crippen molar-refractivity contribution in [3.05, 3.63) is 22.7 Å². The maximum Gasteiger partial charge on any atom is 0.331 e. The smallest absolute Gasteiger partial charge is 0.331 e. The molecule has 8 nitrogen and oxygen atoms in total.